The van der Waals surface area contributed by atoms with Crippen molar-refractivity contribution in [1.29, 1.82) is 0 Å². The van der Waals surface area contributed by atoms with Gasteiger partial charge in [0.25, 0.3) is 0 Å². The third-order valence-electron chi connectivity index (χ3n) is 5.52. The van der Waals surface area contributed by atoms with E-state index in [4.69, 9.17) is 5.73 Å². The minimum atomic E-state index is -3.47. The van der Waals surface area contributed by atoms with Crippen LogP contribution in [0.3, 0.4) is 0 Å². The number of aromatic nitrogens is 1. The number of halogens is 1. The van der Waals surface area contributed by atoms with Crippen LogP contribution in [0, 0.1) is 11.8 Å². The Balaban J connectivity index is 0.00000196. The average molecular weight is 416 g/mol. The van der Waals surface area contributed by atoms with E-state index >= 15 is 0 Å². The first-order valence-corrected chi connectivity index (χ1v) is 11.1. The Labute approximate surface area is 165 Å². The molecular formula is C18H26ClN3O2S2. The van der Waals surface area contributed by atoms with Gasteiger partial charge in [0.1, 0.15) is 0 Å². The molecule has 1 saturated heterocycles. The van der Waals surface area contributed by atoms with Crippen molar-refractivity contribution < 1.29 is 8.42 Å². The number of sulfonamides is 1. The van der Waals surface area contributed by atoms with Crippen molar-refractivity contribution in [3.63, 3.8) is 0 Å². The summed E-state index contributed by atoms with van der Waals surface area (Å²) in [6.07, 6.45) is 2.06. The zero-order valence-corrected chi connectivity index (χ0v) is 17.8. The number of hydrogen-bond acceptors (Lipinski definition) is 5. The molecule has 0 spiro atoms. The number of thiazole rings is 1. The number of rotatable bonds is 2. The lowest BCUT2D eigenvalue weighted by Crippen LogP contribution is -2.33. The number of nitrogens with zero attached hydrogens (tertiary/aromatic N) is 2. The Morgan fingerprint density at radius 3 is 2.62 bits per heavy atom. The van der Waals surface area contributed by atoms with Crippen molar-refractivity contribution in [3.8, 4) is 0 Å². The highest BCUT2D eigenvalue weighted by molar-refractivity contribution is 7.89. The van der Waals surface area contributed by atoms with E-state index in [1.165, 1.54) is 0 Å². The van der Waals surface area contributed by atoms with Gasteiger partial charge < -0.3 is 5.73 Å². The summed E-state index contributed by atoms with van der Waals surface area (Å²) in [5, 5.41) is 1.03. The van der Waals surface area contributed by atoms with Crippen molar-refractivity contribution in [2.75, 3.05) is 13.1 Å². The first-order valence-electron chi connectivity index (χ1n) is 8.83. The molecular weight excluding hydrogens is 390 g/mol. The van der Waals surface area contributed by atoms with E-state index in [0.29, 0.717) is 29.8 Å². The zero-order valence-electron chi connectivity index (χ0n) is 15.3. The van der Waals surface area contributed by atoms with Crippen LogP contribution < -0.4 is 5.73 Å². The summed E-state index contributed by atoms with van der Waals surface area (Å²) in [5.41, 5.74) is 6.99. The molecule has 4 rings (SSSR count). The molecule has 0 bridgehead atoms. The molecule has 2 aliphatic rings. The molecule has 8 heteroatoms. The van der Waals surface area contributed by atoms with Crippen molar-refractivity contribution in [2.45, 2.75) is 50.0 Å². The van der Waals surface area contributed by atoms with Crippen molar-refractivity contribution in [1.82, 2.24) is 9.29 Å². The average Bonchev–Trinajstić information content (AvgIpc) is 3.21. The summed E-state index contributed by atoms with van der Waals surface area (Å²) in [7, 11) is -3.47. The van der Waals surface area contributed by atoms with Crippen LogP contribution in [0.25, 0.3) is 10.2 Å². The molecule has 2 fully saturated rings. The molecule has 2 aromatic rings. The fourth-order valence-corrected chi connectivity index (χ4v) is 6.70. The van der Waals surface area contributed by atoms with E-state index < -0.39 is 10.0 Å². The van der Waals surface area contributed by atoms with Crippen LogP contribution in [0.15, 0.2) is 23.1 Å². The minimum Gasteiger partial charge on any atom is -0.327 e. The lowest BCUT2D eigenvalue weighted by atomic mass is 9.98. The quantitative estimate of drug-likeness (QED) is 0.815. The summed E-state index contributed by atoms with van der Waals surface area (Å²) in [4.78, 5) is 5.03. The topological polar surface area (TPSA) is 76.3 Å². The van der Waals surface area contributed by atoms with Crippen LogP contribution in [0.5, 0.6) is 0 Å². The summed E-state index contributed by atoms with van der Waals surface area (Å²) in [6, 6.07) is 5.45. The second kappa shape index (κ2) is 6.71. The van der Waals surface area contributed by atoms with Crippen LogP contribution in [-0.4, -0.2) is 36.8 Å². The molecule has 1 saturated carbocycles. The molecule has 1 aliphatic carbocycles. The molecule has 5 nitrogen and oxygen atoms in total. The summed E-state index contributed by atoms with van der Waals surface area (Å²) in [6.45, 7) is 7.52. The van der Waals surface area contributed by atoms with Gasteiger partial charge >= 0.3 is 0 Å². The number of nitrogens with two attached hydrogens (primary N) is 1. The smallest absolute Gasteiger partial charge is 0.243 e. The lowest BCUT2D eigenvalue weighted by molar-refractivity contribution is 0.427. The Hall–Kier alpha value is -0.730. The van der Waals surface area contributed by atoms with E-state index in [0.717, 1.165) is 28.1 Å². The molecule has 144 valence electrons. The predicted octanol–water partition coefficient (Wildman–Crippen LogP) is 3.37. The van der Waals surface area contributed by atoms with Gasteiger partial charge in [0, 0.05) is 24.5 Å². The maximum Gasteiger partial charge on any atom is 0.243 e. The second-order valence-corrected chi connectivity index (χ2v) is 11.4. The fourth-order valence-electron chi connectivity index (χ4n) is 4.00. The van der Waals surface area contributed by atoms with E-state index in [9.17, 15) is 8.42 Å². The van der Waals surface area contributed by atoms with Gasteiger partial charge in [-0.3, -0.25) is 0 Å². The second-order valence-electron chi connectivity index (χ2n) is 8.39. The third-order valence-corrected chi connectivity index (χ3v) is 8.79. The minimum absolute atomic E-state index is 0. The molecule has 26 heavy (non-hydrogen) atoms. The highest BCUT2D eigenvalue weighted by atomic mass is 35.5. The van der Waals surface area contributed by atoms with Crippen LogP contribution in [-0.2, 0) is 15.4 Å². The van der Waals surface area contributed by atoms with E-state index in [-0.39, 0.29) is 23.9 Å². The Morgan fingerprint density at radius 2 is 1.96 bits per heavy atom. The van der Waals surface area contributed by atoms with Gasteiger partial charge in [-0.2, -0.15) is 4.31 Å². The first kappa shape index (κ1) is 20.0. The molecule has 2 heterocycles. The van der Waals surface area contributed by atoms with Gasteiger partial charge in [-0.1, -0.05) is 20.8 Å². The predicted molar refractivity (Wildman–Crippen MR) is 109 cm³/mol. The maximum absolute atomic E-state index is 13.1. The van der Waals surface area contributed by atoms with Gasteiger partial charge in [0.2, 0.25) is 10.0 Å². The van der Waals surface area contributed by atoms with E-state index in [1.54, 1.807) is 27.8 Å². The van der Waals surface area contributed by atoms with E-state index in [1.807, 2.05) is 6.07 Å². The van der Waals surface area contributed by atoms with Crippen molar-refractivity contribution in [2.24, 2.45) is 17.6 Å². The molecule has 2 N–H and O–H groups in total. The first-order chi connectivity index (χ1) is 11.7. The van der Waals surface area contributed by atoms with Gasteiger partial charge in [-0.15, -0.1) is 23.7 Å². The molecule has 1 aromatic heterocycles. The van der Waals surface area contributed by atoms with Gasteiger partial charge in [-0.25, -0.2) is 13.4 Å². The zero-order chi connectivity index (χ0) is 18.0. The molecule has 0 amide bonds. The third kappa shape index (κ3) is 3.29. The molecule has 1 aromatic carbocycles. The van der Waals surface area contributed by atoms with Crippen LogP contribution in [0.1, 0.15) is 38.6 Å². The van der Waals surface area contributed by atoms with Gasteiger partial charge in [-0.05, 0) is 42.9 Å². The maximum atomic E-state index is 13.1. The Morgan fingerprint density at radius 1 is 1.23 bits per heavy atom. The lowest BCUT2D eigenvalue weighted by Gasteiger charge is -2.18. The fraction of sp³-hybridized carbons (Fsp3) is 0.611. The standard InChI is InChI=1S/C18H25N3O2S2.ClH/c1-18(2,3)17-20-15-7-5-12(8-16(15)24-17)25(22,23)21-9-11-4-6-14(19)13(11)10-21;/h5,7-8,11,13-14H,4,6,9-10,19H2,1-3H3;1H. The molecule has 3 unspecified atom stereocenters. The SMILES string of the molecule is CC(C)(C)c1nc2ccc(S(=O)(=O)N3CC4CCC(N)C4C3)cc2s1.Cl. The summed E-state index contributed by atoms with van der Waals surface area (Å²) in [5.74, 6) is 0.735. The highest BCUT2D eigenvalue weighted by Gasteiger charge is 2.45. The van der Waals surface area contributed by atoms with Crippen molar-refractivity contribution >= 4 is 44.0 Å². The normalized spacial score (nSPS) is 26.8. The number of benzene rings is 1. The molecule has 0 radical (unpaired) electrons. The van der Waals surface area contributed by atoms with E-state index in [2.05, 4.69) is 25.8 Å². The Bertz CT molecular complexity index is 920. The van der Waals surface area contributed by atoms with Crippen LogP contribution in [0.4, 0.5) is 0 Å². The summed E-state index contributed by atoms with van der Waals surface area (Å²) < 4.78 is 28.7. The van der Waals surface area contributed by atoms with Crippen LogP contribution >= 0.6 is 23.7 Å². The monoisotopic (exact) mass is 415 g/mol. The van der Waals surface area contributed by atoms with Crippen molar-refractivity contribution in [3.05, 3.63) is 23.2 Å². The number of hydrogen-bond donors (Lipinski definition) is 1. The molecule has 3 atom stereocenters. The largest absolute Gasteiger partial charge is 0.327 e. The molecule has 1 aliphatic heterocycles. The number of fused-ring (bicyclic) bond motifs is 2. The van der Waals surface area contributed by atoms with Gasteiger partial charge in [0.15, 0.2) is 0 Å². The van der Waals surface area contributed by atoms with Crippen LogP contribution in [0.2, 0.25) is 0 Å². The van der Waals surface area contributed by atoms with Gasteiger partial charge in [0.05, 0.1) is 20.1 Å². The Kier molecular flexibility index (Phi) is 5.16. The highest BCUT2D eigenvalue weighted by Crippen LogP contribution is 2.40. The summed E-state index contributed by atoms with van der Waals surface area (Å²) >= 11 is 1.58.